The first kappa shape index (κ1) is 16.0. The first-order chi connectivity index (χ1) is 8.97. The van der Waals surface area contributed by atoms with E-state index in [-0.39, 0.29) is 24.5 Å². The maximum atomic E-state index is 12.2. The van der Waals surface area contributed by atoms with Gasteiger partial charge in [-0.3, -0.25) is 9.59 Å². The van der Waals surface area contributed by atoms with Gasteiger partial charge >= 0.3 is 5.97 Å². The molecule has 1 aliphatic carbocycles. The van der Waals surface area contributed by atoms with Crippen molar-refractivity contribution < 1.29 is 19.1 Å². The minimum atomic E-state index is -0.372. The zero-order valence-corrected chi connectivity index (χ0v) is 12.3. The molecule has 0 N–H and O–H groups in total. The third-order valence-electron chi connectivity index (χ3n) is 3.53. The van der Waals surface area contributed by atoms with Gasteiger partial charge < -0.3 is 14.4 Å². The Morgan fingerprint density at radius 2 is 1.95 bits per heavy atom. The van der Waals surface area contributed by atoms with Crippen LogP contribution >= 0.6 is 0 Å². The molecule has 1 saturated carbocycles. The second kappa shape index (κ2) is 7.48. The summed E-state index contributed by atoms with van der Waals surface area (Å²) in [4.78, 5) is 25.1. The Balaban J connectivity index is 2.39. The lowest BCUT2D eigenvalue weighted by Gasteiger charge is -2.36. The number of ether oxygens (including phenoxy) is 2. The van der Waals surface area contributed by atoms with E-state index in [9.17, 15) is 9.59 Å². The summed E-state index contributed by atoms with van der Waals surface area (Å²) in [6.07, 6.45) is 2.71. The van der Waals surface area contributed by atoms with Crippen LogP contribution in [0.15, 0.2) is 0 Å². The van der Waals surface area contributed by atoms with Crippen LogP contribution < -0.4 is 0 Å². The van der Waals surface area contributed by atoms with E-state index in [0.29, 0.717) is 18.4 Å². The van der Waals surface area contributed by atoms with Crippen LogP contribution in [-0.2, 0) is 19.1 Å². The van der Waals surface area contributed by atoms with Crippen LogP contribution in [0.5, 0.6) is 0 Å². The standard InChI is InChI=1S/C14H25NO4/c1-5-19-12-6-11(7-12)8-13(16)15(10(2)3)9-14(17)18-4/h10-12H,5-9H2,1-4H3. The second-order valence-corrected chi connectivity index (χ2v) is 5.31. The molecule has 0 bridgehead atoms. The average molecular weight is 271 g/mol. The van der Waals surface area contributed by atoms with Crippen molar-refractivity contribution in [2.24, 2.45) is 5.92 Å². The number of hydrogen-bond donors (Lipinski definition) is 0. The van der Waals surface area contributed by atoms with Gasteiger partial charge in [0, 0.05) is 19.1 Å². The van der Waals surface area contributed by atoms with Crippen molar-refractivity contribution in [2.45, 2.75) is 52.2 Å². The molecule has 1 fully saturated rings. The van der Waals surface area contributed by atoms with E-state index in [1.165, 1.54) is 7.11 Å². The van der Waals surface area contributed by atoms with E-state index >= 15 is 0 Å². The Hall–Kier alpha value is -1.10. The Kier molecular flexibility index (Phi) is 6.28. The summed E-state index contributed by atoms with van der Waals surface area (Å²) in [5.74, 6) is 0.0474. The maximum Gasteiger partial charge on any atom is 0.325 e. The van der Waals surface area contributed by atoms with E-state index in [1.807, 2.05) is 20.8 Å². The van der Waals surface area contributed by atoms with Gasteiger partial charge in [0.1, 0.15) is 6.54 Å². The molecule has 1 aliphatic rings. The number of hydrogen-bond acceptors (Lipinski definition) is 4. The van der Waals surface area contributed by atoms with Crippen molar-refractivity contribution in [1.82, 2.24) is 4.90 Å². The van der Waals surface area contributed by atoms with E-state index in [0.717, 1.165) is 19.4 Å². The van der Waals surface area contributed by atoms with Gasteiger partial charge in [-0.25, -0.2) is 0 Å². The summed E-state index contributed by atoms with van der Waals surface area (Å²) >= 11 is 0. The molecule has 0 spiro atoms. The SMILES string of the molecule is CCOC1CC(CC(=O)N(CC(=O)OC)C(C)C)C1. The van der Waals surface area contributed by atoms with Crippen LogP contribution in [0.25, 0.3) is 0 Å². The van der Waals surface area contributed by atoms with Crippen LogP contribution in [0.1, 0.15) is 40.0 Å². The minimum Gasteiger partial charge on any atom is -0.468 e. The third-order valence-corrected chi connectivity index (χ3v) is 3.53. The molecule has 0 aromatic carbocycles. The lowest BCUT2D eigenvalue weighted by Crippen LogP contribution is -2.43. The highest BCUT2D eigenvalue weighted by Gasteiger charge is 2.33. The smallest absolute Gasteiger partial charge is 0.325 e. The lowest BCUT2D eigenvalue weighted by atomic mass is 9.79. The lowest BCUT2D eigenvalue weighted by molar-refractivity contribution is -0.149. The molecule has 0 saturated heterocycles. The quantitative estimate of drug-likeness (QED) is 0.660. The van der Waals surface area contributed by atoms with Gasteiger partial charge in [-0.05, 0) is 39.5 Å². The van der Waals surface area contributed by atoms with Gasteiger partial charge in [-0.15, -0.1) is 0 Å². The molecular formula is C14H25NO4. The van der Waals surface area contributed by atoms with Crippen LogP contribution in [0.3, 0.4) is 0 Å². The summed E-state index contributed by atoms with van der Waals surface area (Å²) in [5, 5.41) is 0. The average Bonchev–Trinajstić information content (AvgIpc) is 2.32. The molecule has 0 aromatic rings. The van der Waals surface area contributed by atoms with Gasteiger partial charge in [0.2, 0.25) is 5.91 Å². The molecule has 19 heavy (non-hydrogen) atoms. The summed E-state index contributed by atoms with van der Waals surface area (Å²) < 4.78 is 10.1. The Morgan fingerprint density at radius 1 is 1.32 bits per heavy atom. The van der Waals surface area contributed by atoms with Crippen molar-refractivity contribution in [3.63, 3.8) is 0 Å². The zero-order valence-electron chi connectivity index (χ0n) is 12.3. The molecule has 1 amide bonds. The Morgan fingerprint density at radius 3 is 2.42 bits per heavy atom. The molecule has 5 heteroatoms. The van der Waals surface area contributed by atoms with Gasteiger partial charge in [0.05, 0.1) is 13.2 Å². The molecule has 1 rings (SSSR count). The van der Waals surface area contributed by atoms with Crippen molar-refractivity contribution in [1.29, 1.82) is 0 Å². The monoisotopic (exact) mass is 271 g/mol. The van der Waals surface area contributed by atoms with Crippen molar-refractivity contribution in [2.75, 3.05) is 20.3 Å². The topological polar surface area (TPSA) is 55.8 Å². The van der Waals surface area contributed by atoms with Gasteiger partial charge in [0.25, 0.3) is 0 Å². The van der Waals surface area contributed by atoms with E-state index in [2.05, 4.69) is 4.74 Å². The van der Waals surface area contributed by atoms with Gasteiger partial charge in [0.15, 0.2) is 0 Å². The summed E-state index contributed by atoms with van der Waals surface area (Å²) in [7, 11) is 1.34. The van der Waals surface area contributed by atoms with Crippen LogP contribution in [0, 0.1) is 5.92 Å². The maximum absolute atomic E-state index is 12.2. The molecule has 0 atom stereocenters. The van der Waals surface area contributed by atoms with Crippen molar-refractivity contribution >= 4 is 11.9 Å². The fourth-order valence-corrected chi connectivity index (χ4v) is 2.34. The molecule has 5 nitrogen and oxygen atoms in total. The number of amides is 1. The minimum absolute atomic E-state index is 0.00867. The van der Waals surface area contributed by atoms with Crippen molar-refractivity contribution in [3.05, 3.63) is 0 Å². The zero-order chi connectivity index (χ0) is 14.4. The number of nitrogens with zero attached hydrogens (tertiary/aromatic N) is 1. The summed E-state index contributed by atoms with van der Waals surface area (Å²) in [6, 6.07) is 0.00867. The highest BCUT2D eigenvalue weighted by molar-refractivity contribution is 5.82. The Labute approximate surface area is 115 Å². The predicted octanol–water partition coefficient (Wildman–Crippen LogP) is 1.60. The molecule has 0 radical (unpaired) electrons. The first-order valence-electron chi connectivity index (χ1n) is 6.95. The van der Waals surface area contributed by atoms with Crippen molar-refractivity contribution in [3.8, 4) is 0 Å². The molecule has 0 aromatic heterocycles. The number of methoxy groups -OCH3 is 1. The van der Waals surface area contributed by atoms with Gasteiger partial charge in [-0.1, -0.05) is 0 Å². The Bertz CT molecular complexity index is 311. The number of esters is 1. The van der Waals surface area contributed by atoms with Crippen LogP contribution in [-0.4, -0.2) is 49.2 Å². The van der Waals surface area contributed by atoms with Crippen LogP contribution in [0.4, 0.5) is 0 Å². The largest absolute Gasteiger partial charge is 0.468 e. The number of carbonyl (C=O) groups is 2. The summed E-state index contributed by atoms with van der Waals surface area (Å²) in [5.41, 5.74) is 0. The predicted molar refractivity (Wildman–Crippen MR) is 71.6 cm³/mol. The molecule has 0 unspecified atom stereocenters. The van der Waals surface area contributed by atoms with Crippen LogP contribution in [0.2, 0.25) is 0 Å². The van der Waals surface area contributed by atoms with E-state index in [1.54, 1.807) is 4.90 Å². The number of carbonyl (C=O) groups excluding carboxylic acids is 2. The normalized spacial score (nSPS) is 21.9. The highest BCUT2D eigenvalue weighted by Crippen LogP contribution is 2.33. The first-order valence-corrected chi connectivity index (χ1v) is 6.95. The molecule has 0 heterocycles. The second-order valence-electron chi connectivity index (χ2n) is 5.31. The molecule has 110 valence electrons. The molecular weight excluding hydrogens is 246 g/mol. The van der Waals surface area contributed by atoms with Gasteiger partial charge in [-0.2, -0.15) is 0 Å². The van der Waals surface area contributed by atoms with E-state index in [4.69, 9.17) is 4.74 Å². The highest BCUT2D eigenvalue weighted by atomic mass is 16.5. The molecule has 0 aliphatic heterocycles. The third kappa shape index (κ3) is 4.82. The fraction of sp³-hybridized carbons (Fsp3) is 0.857. The van der Waals surface area contributed by atoms with E-state index < -0.39 is 0 Å². The number of rotatable bonds is 7. The summed E-state index contributed by atoms with van der Waals surface area (Å²) in [6.45, 7) is 6.56. The fourth-order valence-electron chi connectivity index (χ4n) is 2.34.